The highest BCUT2D eigenvalue weighted by molar-refractivity contribution is 5.96. The zero-order valence-electron chi connectivity index (χ0n) is 19.8. The predicted molar refractivity (Wildman–Crippen MR) is 141 cm³/mol. The summed E-state index contributed by atoms with van der Waals surface area (Å²) in [5, 5.41) is 18.4. The van der Waals surface area contributed by atoms with Crippen molar-refractivity contribution in [2.24, 2.45) is 0 Å². The van der Waals surface area contributed by atoms with Crippen molar-refractivity contribution >= 4 is 29.5 Å². The van der Waals surface area contributed by atoms with Gasteiger partial charge in [0, 0.05) is 23.3 Å². The zero-order chi connectivity index (χ0) is 24.4. The molecule has 4 nitrogen and oxygen atoms in total. The Balaban J connectivity index is 1.44. The van der Waals surface area contributed by atoms with Crippen molar-refractivity contribution in [2.45, 2.75) is 44.6 Å². The number of fused-ring (bicyclic) bond motifs is 3. The fourth-order valence-electron chi connectivity index (χ4n) is 5.46. The minimum Gasteiger partial charge on any atom is -0.477 e. The van der Waals surface area contributed by atoms with Crippen LogP contribution in [-0.2, 0) is 4.79 Å². The molecule has 2 atom stereocenters. The van der Waals surface area contributed by atoms with Gasteiger partial charge >= 0.3 is 5.97 Å². The van der Waals surface area contributed by atoms with Gasteiger partial charge in [0.1, 0.15) is 11.6 Å². The maximum atomic E-state index is 11.3. The molecule has 0 amide bonds. The number of benzene rings is 3. The van der Waals surface area contributed by atoms with Crippen molar-refractivity contribution in [3.8, 4) is 17.2 Å². The van der Waals surface area contributed by atoms with Gasteiger partial charge in [-0.1, -0.05) is 68.0 Å². The average Bonchev–Trinajstić information content (AvgIpc) is 3.47. The molecule has 3 aromatic rings. The summed E-state index contributed by atoms with van der Waals surface area (Å²) in [6, 6.07) is 25.7. The van der Waals surface area contributed by atoms with Crippen LogP contribution in [0.4, 0.5) is 11.4 Å². The lowest BCUT2D eigenvalue weighted by molar-refractivity contribution is -0.132. The normalized spacial score (nSPS) is 19.0. The number of carboxylic acid groups (broad SMARTS) is 1. The summed E-state index contributed by atoms with van der Waals surface area (Å²) >= 11 is 0. The largest absolute Gasteiger partial charge is 0.477 e. The predicted octanol–water partition coefficient (Wildman–Crippen LogP) is 7.56. The van der Waals surface area contributed by atoms with E-state index in [-0.39, 0.29) is 5.57 Å². The van der Waals surface area contributed by atoms with Crippen molar-refractivity contribution in [1.82, 2.24) is 0 Å². The number of nitrogens with zero attached hydrogens (tertiary/aromatic N) is 2. The molecule has 0 bridgehead atoms. The monoisotopic (exact) mass is 460 g/mol. The number of carbonyl (C=O) groups is 1. The van der Waals surface area contributed by atoms with Gasteiger partial charge in [0.2, 0.25) is 0 Å². The SMILES string of the molecule is CCC=Cc1ccc(-c2ccc(N3c4ccc(/C=C(\C#N)C(=O)O)cc4C4CCCC43)cc2)cc1. The zero-order valence-corrected chi connectivity index (χ0v) is 19.8. The molecule has 0 aromatic heterocycles. The van der Waals surface area contributed by atoms with Gasteiger partial charge in [-0.2, -0.15) is 5.26 Å². The third kappa shape index (κ3) is 4.38. The first-order valence-electron chi connectivity index (χ1n) is 12.2. The van der Waals surface area contributed by atoms with Crippen molar-refractivity contribution in [2.75, 3.05) is 4.90 Å². The molecule has 4 heteroatoms. The highest BCUT2D eigenvalue weighted by Crippen LogP contribution is 2.52. The van der Waals surface area contributed by atoms with E-state index in [9.17, 15) is 9.90 Å². The first kappa shape index (κ1) is 22.7. The second kappa shape index (κ2) is 9.64. The third-order valence-corrected chi connectivity index (χ3v) is 7.12. The molecule has 2 unspecified atom stereocenters. The van der Waals surface area contributed by atoms with E-state index in [1.54, 1.807) is 6.07 Å². The van der Waals surface area contributed by atoms with Crippen LogP contribution >= 0.6 is 0 Å². The number of hydrogen-bond donors (Lipinski definition) is 1. The molecule has 0 saturated heterocycles. The Labute approximate surface area is 206 Å². The van der Waals surface area contributed by atoms with Crippen LogP contribution in [0.25, 0.3) is 23.3 Å². The summed E-state index contributed by atoms with van der Waals surface area (Å²) in [7, 11) is 0. The van der Waals surface area contributed by atoms with Gasteiger partial charge in [-0.05, 0) is 77.4 Å². The van der Waals surface area contributed by atoms with Crippen molar-refractivity contribution in [3.05, 3.63) is 95.1 Å². The van der Waals surface area contributed by atoms with Gasteiger partial charge in [-0.15, -0.1) is 0 Å². The van der Waals surface area contributed by atoms with Gasteiger partial charge in [0.25, 0.3) is 0 Å². The molecule has 0 spiro atoms. The molecule has 1 aliphatic heterocycles. The summed E-state index contributed by atoms with van der Waals surface area (Å²) in [6.45, 7) is 2.14. The Morgan fingerprint density at radius 3 is 2.37 bits per heavy atom. The molecule has 2 aliphatic rings. The minimum atomic E-state index is -1.19. The number of aliphatic carboxylic acids is 1. The van der Waals surface area contributed by atoms with Gasteiger partial charge in [0.15, 0.2) is 0 Å². The molecule has 1 fully saturated rings. The number of nitriles is 1. The van der Waals surface area contributed by atoms with Crippen LogP contribution in [0, 0.1) is 11.3 Å². The molecule has 1 aliphatic carbocycles. The highest BCUT2D eigenvalue weighted by atomic mass is 16.4. The van der Waals surface area contributed by atoms with Crippen LogP contribution in [0.2, 0.25) is 0 Å². The maximum absolute atomic E-state index is 11.3. The Bertz CT molecular complexity index is 1340. The Kier molecular flexibility index (Phi) is 6.25. The second-order valence-electron chi connectivity index (χ2n) is 9.25. The summed E-state index contributed by atoms with van der Waals surface area (Å²) in [5.74, 6) is -0.766. The Hall–Kier alpha value is -4.10. The summed E-state index contributed by atoms with van der Waals surface area (Å²) < 4.78 is 0. The number of carboxylic acids is 1. The average molecular weight is 461 g/mol. The second-order valence-corrected chi connectivity index (χ2v) is 9.25. The standard InChI is InChI=1S/C31H28N2O2/c1-2-3-5-21-8-11-23(12-9-21)24-13-15-26(16-14-24)33-29-7-4-6-27(29)28-19-22(10-17-30(28)33)18-25(20-32)31(34)35/h3,5,8-19,27,29H,2,4,6-7H2,1H3,(H,34,35)/b5-3?,25-18+. The van der Waals surface area contributed by atoms with E-state index >= 15 is 0 Å². The molecule has 174 valence electrons. The fourth-order valence-corrected chi connectivity index (χ4v) is 5.46. The van der Waals surface area contributed by atoms with Gasteiger partial charge in [-0.25, -0.2) is 4.79 Å². The minimum absolute atomic E-state index is 0.243. The van der Waals surface area contributed by atoms with E-state index in [2.05, 4.69) is 84.6 Å². The number of anilines is 2. The van der Waals surface area contributed by atoms with Crippen LogP contribution in [0.1, 0.15) is 55.2 Å². The van der Waals surface area contributed by atoms with Crippen molar-refractivity contribution in [3.63, 3.8) is 0 Å². The summed E-state index contributed by atoms with van der Waals surface area (Å²) in [5.41, 5.74) is 7.75. The molecule has 5 rings (SSSR count). The van der Waals surface area contributed by atoms with Gasteiger partial charge < -0.3 is 10.0 Å². The van der Waals surface area contributed by atoms with E-state index in [0.29, 0.717) is 12.0 Å². The van der Waals surface area contributed by atoms with E-state index in [1.165, 1.54) is 46.1 Å². The van der Waals surface area contributed by atoms with Crippen LogP contribution in [0.15, 0.2) is 78.4 Å². The fraction of sp³-hybridized carbons (Fsp3) is 0.226. The molecule has 1 N–H and O–H groups in total. The van der Waals surface area contributed by atoms with Gasteiger partial charge in [0.05, 0.1) is 0 Å². The Morgan fingerprint density at radius 1 is 1.03 bits per heavy atom. The van der Waals surface area contributed by atoms with Crippen LogP contribution < -0.4 is 4.90 Å². The van der Waals surface area contributed by atoms with Gasteiger partial charge in [-0.3, -0.25) is 0 Å². The van der Waals surface area contributed by atoms with Crippen molar-refractivity contribution < 1.29 is 9.90 Å². The summed E-state index contributed by atoms with van der Waals surface area (Å²) in [4.78, 5) is 13.7. The number of allylic oxidation sites excluding steroid dienone is 1. The van der Waals surface area contributed by atoms with E-state index in [0.717, 1.165) is 24.8 Å². The topological polar surface area (TPSA) is 64.3 Å². The van der Waals surface area contributed by atoms with Crippen LogP contribution in [0.3, 0.4) is 0 Å². The van der Waals surface area contributed by atoms with E-state index in [4.69, 9.17) is 5.26 Å². The molecule has 3 aromatic carbocycles. The van der Waals surface area contributed by atoms with E-state index in [1.807, 2.05) is 6.07 Å². The maximum Gasteiger partial charge on any atom is 0.346 e. The molecular weight excluding hydrogens is 432 g/mol. The van der Waals surface area contributed by atoms with Crippen LogP contribution in [-0.4, -0.2) is 17.1 Å². The molecular formula is C31H28N2O2. The number of hydrogen-bond acceptors (Lipinski definition) is 3. The molecule has 0 radical (unpaired) electrons. The first-order chi connectivity index (χ1) is 17.1. The smallest absolute Gasteiger partial charge is 0.346 e. The lowest BCUT2D eigenvalue weighted by Gasteiger charge is -2.27. The third-order valence-electron chi connectivity index (χ3n) is 7.12. The molecule has 1 heterocycles. The Morgan fingerprint density at radius 2 is 1.71 bits per heavy atom. The van der Waals surface area contributed by atoms with Crippen LogP contribution in [0.5, 0.6) is 0 Å². The number of rotatable bonds is 6. The first-order valence-corrected chi connectivity index (χ1v) is 12.2. The summed E-state index contributed by atoms with van der Waals surface area (Å²) in [6.07, 6.45) is 10.3. The lowest BCUT2D eigenvalue weighted by atomic mass is 9.95. The molecule has 1 saturated carbocycles. The van der Waals surface area contributed by atoms with E-state index < -0.39 is 5.97 Å². The lowest BCUT2D eigenvalue weighted by Crippen LogP contribution is -2.26. The van der Waals surface area contributed by atoms with Crippen molar-refractivity contribution in [1.29, 1.82) is 5.26 Å². The quantitative estimate of drug-likeness (QED) is 0.304. The molecule has 35 heavy (non-hydrogen) atoms. The highest BCUT2D eigenvalue weighted by Gasteiger charge is 2.42.